The Morgan fingerprint density at radius 3 is 2.94 bits per heavy atom. The molecule has 92 valence electrons. The topological polar surface area (TPSA) is 66.9 Å². The number of rotatable bonds is 4. The summed E-state index contributed by atoms with van der Waals surface area (Å²) in [6.45, 7) is 0.462. The van der Waals surface area contributed by atoms with Gasteiger partial charge in [0.05, 0.1) is 0 Å². The highest BCUT2D eigenvalue weighted by Crippen LogP contribution is 2.06. The summed E-state index contributed by atoms with van der Waals surface area (Å²) in [5, 5.41) is 5.73. The molecule has 0 atom stereocenters. The molecule has 2 rings (SSSR count). The molecule has 0 bridgehead atoms. The molecule has 0 aliphatic heterocycles. The number of hydrogen-bond donors (Lipinski definition) is 2. The third-order valence-corrected chi connectivity index (χ3v) is 2.45. The van der Waals surface area contributed by atoms with Crippen molar-refractivity contribution in [2.24, 2.45) is 0 Å². The maximum absolute atomic E-state index is 11.9. The molecule has 2 aromatic rings. The average molecular weight is 242 g/mol. The third-order valence-electron chi connectivity index (χ3n) is 2.45. The van der Waals surface area contributed by atoms with Gasteiger partial charge in [-0.2, -0.15) is 0 Å². The van der Waals surface area contributed by atoms with Crippen molar-refractivity contribution in [3.05, 3.63) is 54.0 Å². The minimum Gasteiger partial charge on any atom is -0.373 e. The average Bonchev–Trinajstić information content (AvgIpc) is 2.46. The second kappa shape index (κ2) is 5.77. The Balaban J connectivity index is 1.99. The van der Waals surface area contributed by atoms with Crippen molar-refractivity contribution >= 4 is 11.7 Å². The van der Waals surface area contributed by atoms with Crippen molar-refractivity contribution in [2.45, 2.75) is 6.54 Å². The molecule has 2 aromatic heterocycles. The fourth-order valence-corrected chi connectivity index (χ4v) is 1.50. The number of aromatic nitrogens is 2. The number of nitrogens with one attached hydrogen (secondary N) is 2. The highest BCUT2D eigenvalue weighted by molar-refractivity contribution is 5.94. The fourth-order valence-electron chi connectivity index (χ4n) is 1.50. The summed E-state index contributed by atoms with van der Waals surface area (Å²) in [6.07, 6.45) is 5.03. The summed E-state index contributed by atoms with van der Waals surface area (Å²) in [4.78, 5) is 19.9. The Labute approximate surface area is 105 Å². The van der Waals surface area contributed by atoms with Gasteiger partial charge in [-0.15, -0.1) is 0 Å². The third kappa shape index (κ3) is 3.04. The Morgan fingerprint density at radius 1 is 1.33 bits per heavy atom. The zero-order chi connectivity index (χ0) is 12.8. The number of anilines is 1. The Bertz CT molecular complexity index is 528. The van der Waals surface area contributed by atoms with Gasteiger partial charge in [-0.05, 0) is 23.8 Å². The molecule has 0 aliphatic rings. The molecule has 0 spiro atoms. The van der Waals surface area contributed by atoms with Gasteiger partial charge in [-0.25, -0.2) is 4.98 Å². The van der Waals surface area contributed by atoms with Gasteiger partial charge in [-0.1, -0.05) is 6.07 Å². The van der Waals surface area contributed by atoms with Crippen molar-refractivity contribution < 1.29 is 4.79 Å². The molecular weight excluding hydrogens is 228 g/mol. The highest BCUT2D eigenvalue weighted by Gasteiger charge is 2.06. The van der Waals surface area contributed by atoms with Crippen LogP contribution in [-0.2, 0) is 6.54 Å². The Kier molecular flexibility index (Phi) is 3.86. The number of nitrogens with zero attached hydrogens (tertiary/aromatic N) is 2. The van der Waals surface area contributed by atoms with Crippen LogP contribution in [-0.4, -0.2) is 22.9 Å². The zero-order valence-corrected chi connectivity index (χ0v) is 10.1. The first-order valence-electron chi connectivity index (χ1n) is 5.60. The lowest BCUT2D eigenvalue weighted by Crippen LogP contribution is -2.23. The molecule has 1 amide bonds. The molecule has 5 nitrogen and oxygen atoms in total. The molecule has 2 N–H and O–H groups in total. The van der Waals surface area contributed by atoms with Crippen LogP contribution in [0, 0.1) is 0 Å². The van der Waals surface area contributed by atoms with Crippen LogP contribution in [0.2, 0.25) is 0 Å². The van der Waals surface area contributed by atoms with Crippen molar-refractivity contribution in [3.8, 4) is 0 Å². The van der Waals surface area contributed by atoms with Crippen LogP contribution in [0.3, 0.4) is 0 Å². The molecule has 18 heavy (non-hydrogen) atoms. The first-order chi connectivity index (χ1) is 8.79. The van der Waals surface area contributed by atoms with E-state index in [1.54, 1.807) is 37.8 Å². The SMILES string of the molecule is CNc1cc(C(=O)NCc2cccnc2)ccn1. The summed E-state index contributed by atoms with van der Waals surface area (Å²) < 4.78 is 0. The first-order valence-corrected chi connectivity index (χ1v) is 5.60. The van der Waals surface area contributed by atoms with E-state index in [-0.39, 0.29) is 5.91 Å². The summed E-state index contributed by atoms with van der Waals surface area (Å²) in [7, 11) is 1.76. The van der Waals surface area contributed by atoms with E-state index >= 15 is 0 Å². The number of amides is 1. The predicted octanol–water partition coefficient (Wildman–Crippen LogP) is 1.45. The summed E-state index contributed by atoms with van der Waals surface area (Å²) in [6, 6.07) is 7.14. The highest BCUT2D eigenvalue weighted by atomic mass is 16.1. The van der Waals surface area contributed by atoms with Crippen molar-refractivity contribution in [2.75, 3.05) is 12.4 Å². The largest absolute Gasteiger partial charge is 0.373 e. The van der Waals surface area contributed by atoms with E-state index in [4.69, 9.17) is 0 Å². The molecule has 0 aliphatic carbocycles. The summed E-state index contributed by atoms with van der Waals surface area (Å²) >= 11 is 0. The molecular formula is C13H14N4O. The van der Waals surface area contributed by atoms with E-state index < -0.39 is 0 Å². The van der Waals surface area contributed by atoms with Crippen molar-refractivity contribution in [1.29, 1.82) is 0 Å². The second-order valence-electron chi connectivity index (χ2n) is 3.72. The standard InChI is InChI=1S/C13H14N4O/c1-14-12-7-11(4-6-16-12)13(18)17-9-10-3-2-5-15-8-10/h2-8H,9H2,1H3,(H,14,16)(H,17,18). The van der Waals surface area contributed by atoms with Crippen LogP contribution in [0.15, 0.2) is 42.9 Å². The quantitative estimate of drug-likeness (QED) is 0.851. The van der Waals surface area contributed by atoms with Crippen LogP contribution in [0.25, 0.3) is 0 Å². The lowest BCUT2D eigenvalue weighted by Gasteiger charge is -2.06. The van der Waals surface area contributed by atoms with Crippen LogP contribution < -0.4 is 10.6 Å². The molecule has 0 unspecified atom stereocenters. The van der Waals surface area contributed by atoms with Gasteiger partial charge in [0.2, 0.25) is 0 Å². The fraction of sp³-hybridized carbons (Fsp3) is 0.154. The second-order valence-corrected chi connectivity index (χ2v) is 3.72. The Hall–Kier alpha value is -2.43. The minimum absolute atomic E-state index is 0.127. The van der Waals surface area contributed by atoms with E-state index in [1.807, 2.05) is 12.1 Å². The normalized spacial score (nSPS) is 9.83. The molecule has 0 radical (unpaired) electrons. The van der Waals surface area contributed by atoms with Gasteiger partial charge in [0.1, 0.15) is 5.82 Å². The van der Waals surface area contributed by atoms with Crippen molar-refractivity contribution in [3.63, 3.8) is 0 Å². The number of pyridine rings is 2. The van der Waals surface area contributed by atoms with Gasteiger partial charge < -0.3 is 10.6 Å². The van der Waals surface area contributed by atoms with Crippen molar-refractivity contribution in [1.82, 2.24) is 15.3 Å². The smallest absolute Gasteiger partial charge is 0.251 e. The van der Waals surface area contributed by atoms with Crippen LogP contribution >= 0.6 is 0 Å². The first kappa shape index (κ1) is 12.0. The van der Waals surface area contributed by atoms with Crippen LogP contribution in [0.4, 0.5) is 5.82 Å². The van der Waals surface area contributed by atoms with Gasteiger partial charge >= 0.3 is 0 Å². The van der Waals surface area contributed by atoms with E-state index in [0.717, 1.165) is 5.56 Å². The maximum atomic E-state index is 11.9. The van der Waals surface area contributed by atoms with E-state index in [9.17, 15) is 4.79 Å². The van der Waals surface area contributed by atoms with Crippen LogP contribution in [0.5, 0.6) is 0 Å². The van der Waals surface area contributed by atoms with Gasteiger partial charge in [0.25, 0.3) is 5.91 Å². The summed E-state index contributed by atoms with van der Waals surface area (Å²) in [5.74, 6) is 0.543. The van der Waals surface area contributed by atoms with E-state index in [0.29, 0.717) is 17.9 Å². The zero-order valence-electron chi connectivity index (χ0n) is 10.1. The summed E-state index contributed by atoms with van der Waals surface area (Å²) in [5.41, 5.74) is 1.55. The van der Waals surface area contributed by atoms with Crippen LogP contribution in [0.1, 0.15) is 15.9 Å². The monoisotopic (exact) mass is 242 g/mol. The lowest BCUT2D eigenvalue weighted by atomic mass is 10.2. The number of hydrogen-bond acceptors (Lipinski definition) is 4. The number of carbonyl (C=O) groups is 1. The lowest BCUT2D eigenvalue weighted by molar-refractivity contribution is 0.0951. The predicted molar refractivity (Wildman–Crippen MR) is 69.2 cm³/mol. The number of carbonyl (C=O) groups excluding carboxylic acids is 1. The molecule has 5 heteroatoms. The van der Waals surface area contributed by atoms with E-state index in [2.05, 4.69) is 20.6 Å². The molecule has 0 fully saturated rings. The minimum atomic E-state index is -0.127. The maximum Gasteiger partial charge on any atom is 0.251 e. The van der Waals surface area contributed by atoms with E-state index in [1.165, 1.54) is 0 Å². The van der Waals surface area contributed by atoms with Gasteiger partial charge in [-0.3, -0.25) is 9.78 Å². The molecule has 0 aromatic carbocycles. The molecule has 2 heterocycles. The Morgan fingerprint density at radius 2 is 2.22 bits per heavy atom. The van der Waals surface area contributed by atoms with Gasteiger partial charge in [0.15, 0.2) is 0 Å². The molecule has 0 saturated carbocycles. The molecule has 0 saturated heterocycles. The van der Waals surface area contributed by atoms with Gasteiger partial charge in [0, 0.05) is 37.7 Å².